The third kappa shape index (κ3) is 4.42. The van der Waals surface area contributed by atoms with Gasteiger partial charge in [0.2, 0.25) is 0 Å². The summed E-state index contributed by atoms with van der Waals surface area (Å²) in [7, 11) is 0. The summed E-state index contributed by atoms with van der Waals surface area (Å²) in [4.78, 5) is 24.5. The van der Waals surface area contributed by atoms with E-state index in [9.17, 15) is 9.59 Å². The largest absolute Gasteiger partial charge is 0.345 e. The third-order valence-corrected chi connectivity index (χ3v) is 5.85. The molecule has 0 spiro atoms. The molecule has 0 aromatic heterocycles. The first-order chi connectivity index (χ1) is 12.0. The molecule has 0 radical (unpaired) electrons. The highest BCUT2D eigenvalue weighted by Crippen LogP contribution is 2.25. The molecule has 1 fully saturated rings. The number of carbonyl (C=O) groups is 2. The van der Waals surface area contributed by atoms with Crippen LogP contribution in [0.15, 0.2) is 18.2 Å². The van der Waals surface area contributed by atoms with Crippen LogP contribution >= 0.6 is 0 Å². The minimum Gasteiger partial charge on any atom is -0.345 e. The van der Waals surface area contributed by atoms with Crippen molar-refractivity contribution in [1.82, 2.24) is 10.6 Å². The molecular formula is C21H30N2O2. The van der Waals surface area contributed by atoms with Crippen LogP contribution in [-0.4, -0.2) is 17.9 Å². The van der Waals surface area contributed by atoms with E-state index in [2.05, 4.69) is 35.8 Å². The Morgan fingerprint density at radius 1 is 1.00 bits per heavy atom. The highest BCUT2D eigenvalue weighted by atomic mass is 16.2. The Hall–Kier alpha value is -1.84. The summed E-state index contributed by atoms with van der Waals surface area (Å²) in [5.74, 6) is -0.574. The van der Waals surface area contributed by atoms with Crippen molar-refractivity contribution in [3.63, 3.8) is 0 Å². The Kier molecular flexibility index (Phi) is 5.77. The van der Waals surface area contributed by atoms with E-state index in [4.69, 9.17) is 0 Å². The zero-order chi connectivity index (χ0) is 17.8. The van der Waals surface area contributed by atoms with Gasteiger partial charge in [-0.15, -0.1) is 0 Å². The van der Waals surface area contributed by atoms with Gasteiger partial charge in [0.25, 0.3) is 0 Å². The smallest absolute Gasteiger partial charge is 0.309 e. The molecule has 136 valence electrons. The van der Waals surface area contributed by atoms with Gasteiger partial charge >= 0.3 is 11.8 Å². The first kappa shape index (κ1) is 18.0. The highest BCUT2D eigenvalue weighted by molar-refractivity contribution is 6.35. The van der Waals surface area contributed by atoms with Crippen LogP contribution < -0.4 is 10.6 Å². The van der Waals surface area contributed by atoms with Gasteiger partial charge in [0.1, 0.15) is 0 Å². The summed E-state index contributed by atoms with van der Waals surface area (Å²) in [5.41, 5.74) is 3.90. The molecule has 2 aliphatic carbocycles. The maximum Gasteiger partial charge on any atom is 0.309 e. The lowest BCUT2D eigenvalue weighted by atomic mass is 9.86. The van der Waals surface area contributed by atoms with E-state index in [1.54, 1.807) is 0 Å². The standard InChI is InChI=1S/C21H30N2O2/c1-14-7-3-6-10-19(14)23-21(25)20(24)22-15(2)17-12-11-16-8-4-5-9-18(16)13-17/h11-15,19H,3-10H2,1-2H3,(H,22,24)(H,23,25). The second kappa shape index (κ2) is 8.03. The van der Waals surface area contributed by atoms with Crippen molar-refractivity contribution < 1.29 is 9.59 Å². The average Bonchev–Trinajstić information content (AvgIpc) is 2.63. The molecule has 3 rings (SSSR count). The molecule has 2 aliphatic rings. The molecule has 25 heavy (non-hydrogen) atoms. The first-order valence-electron chi connectivity index (χ1n) is 9.77. The van der Waals surface area contributed by atoms with E-state index in [0.29, 0.717) is 5.92 Å². The van der Waals surface area contributed by atoms with Crippen LogP contribution in [0.1, 0.15) is 75.1 Å². The number of fused-ring (bicyclic) bond motifs is 1. The summed E-state index contributed by atoms with van der Waals surface area (Å²) < 4.78 is 0. The Morgan fingerprint density at radius 3 is 2.48 bits per heavy atom. The van der Waals surface area contributed by atoms with Gasteiger partial charge in [-0.05, 0) is 68.1 Å². The number of amides is 2. The SMILES string of the molecule is CC(NC(=O)C(=O)NC1CCCCC1C)c1ccc2c(c1)CCCC2. The van der Waals surface area contributed by atoms with Crippen LogP contribution in [0, 0.1) is 5.92 Å². The molecule has 4 heteroatoms. The molecule has 2 N–H and O–H groups in total. The summed E-state index contributed by atoms with van der Waals surface area (Å²) in [5, 5.41) is 5.78. The van der Waals surface area contributed by atoms with Gasteiger partial charge in [0.05, 0.1) is 6.04 Å². The molecule has 3 unspecified atom stereocenters. The van der Waals surface area contributed by atoms with Crippen LogP contribution in [0.2, 0.25) is 0 Å². The molecule has 3 atom stereocenters. The van der Waals surface area contributed by atoms with Crippen LogP contribution in [0.4, 0.5) is 0 Å². The monoisotopic (exact) mass is 342 g/mol. The molecule has 2 amide bonds. The molecular weight excluding hydrogens is 312 g/mol. The number of benzene rings is 1. The molecule has 1 saturated carbocycles. The second-order valence-electron chi connectivity index (χ2n) is 7.77. The van der Waals surface area contributed by atoms with Crippen molar-refractivity contribution >= 4 is 11.8 Å². The number of hydrogen-bond donors (Lipinski definition) is 2. The molecule has 0 bridgehead atoms. The summed E-state index contributed by atoms with van der Waals surface area (Å²) in [6, 6.07) is 6.42. The average molecular weight is 342 g/mol. The van der Waals surface area contributed by atoms with Gasteiger partial charge in [-0.25, -0.2) is 0 Å². The second-order valence-corrected chi connectivity index (χ2v) is 7.77. The lowest BCUT2D eigenvalue weighted by Gasteiger charge is -2.29. The fourth-order valence-electron chi connectivity index (χ4n) is 4.13. The summed E-state index contributed by atoms with van der Waals surface area (Å²) in [6.07, 6.45) is 9.20. The van der Waals surface area contributed by atoms with Gasteiger partial charge in [-0.1, -0.05) is 38.0 Å². The lowest BCUT2D eigenvalue weighted by molar-refractivity contribution is -0.140. The maximum atomic E-state index is 12.3. The number of carbonyl (C=O) groups excluding carboxylic acids is 2. The third-order valence-electron chi connectivity index (χ3n) is 5.85. The number of hydrogen-bond acceptors (Lipinski definition) is 2. The van der Waals surface area contributed by atoms with Gasteiger partial charge in [0, 0.05) is 6.04 Å². The molecule has 0 heterocycles. The van der Waals surface area contributed by atoms with Crippen molar-refractivity contribution in [1.29, 1.82) is 0 Å². The van der Waals surface area contributed by atoms with E-state index in [1.807, 2.05) is 6.92 Å². The molecule has 0 aliphatic heterocycles. The van der Waals surface area contributed by atoms with Crippen LogP contribution in [-0.2, 0) is 22.4 Å². The van der Waals surface area contributed by atoms with Crippen LogP contribution in [0.25, 0.3) is 0 Å². The Morgan fingerprint density at radius 2 is 1.72 bits per heavy atom. The fourth-order valence-corrected chi connectivity index (χ4v) is 4.13. The van der Waals surface area contributed by atoms with Gasteiger partial charge < -0.3 is 10.6 Å². The zero-order valence-electron chi connectivity index (χ0n) is 15.4. The minimum absolute atomic E-state index is 0.131. The van der Waals surface area contributed by atoms with Crippen LogP contribution in [0.5, 0.6) is 0 Å². The van der Waals surface area contributed by atoms with Gasteiger partial charge in [-0.2, -0.15) is 0 Å². The normalized spacial score (nSPS) is 24.1. The van der Waals surface area contributed by atoms with Gasteiger partial charge in [0.15, 0.2) is 0 Å². The summed E-state index contributed by atoms with van der Waals surface area (Å²) >= 11 is 0. The molecule has 1 aromatic carbocycles. The molecule has 4 nitrogen and oxygen atoms in total. The van der Waals surface area contributed by atoms with Crippen LogP contribution in [0.3, 0.4) is 0 Å². The lowest BCUT2D eigenvalue weighted by Crippen LogP contribution is -2.48. The topological polar surface area (TPSA) is 58.2 Å². The first-order valence-corrected chi connectivity index (χ1v) is 9.77. The van der Waals surface area contributed by atoms with E-state index in [1.165, 1.54) is 30.4 Å². The Labute approximate surface area is 150 Å². The van der Waals surface area contributed by atoms with E-state index in [0.717, 1.165) is 37.7 Å². The van der Waals surface area contributed by atoms with Crippen molar-refractivity contribution in [2.45, 2.75) is 77.3 Å². The number of aryl methyl sites for hydroxylation is 2. The number of nitrogens with one attached hydrogen (secondary N) is 2. The van der Waals surface area contributed by atoms with E-state index < -0.39 is 11.8 Å². The predicted molar refractivity (Wildman–Crippen MR) is 99.2 cm³/mol. The van der Waals surface area contributed by atoms with E-state index in [-0.39, 0.29) is 12.1 Å². The van der Waals surface area contributed by atoms with Crippen molar-refractivity contribution in [3.05, 3.63) is 34.9 Å². The van der Waals surface area contributed by atoms with Gasteiger partial charge in [-0.3, -0.25) is 9.59 Å². The zero-order valence-corrected chi connectivity index (χ0v) is 15.4. The summed E-state index contributed by atoms with van der Waals surface area (Å²) in [6.45, 7) is 4.09. The Balaban J connectivity index is 1.57. The quantitative estimate of drug-likeness (QED) is 0.827. The van der Waals surface area contributed by atoms with Crippen molar-refractivity contribution in [3.8, 4) is 0 Å². The number of rotatable bonds is 3. The molecule has 0 saturated heterocycles. The maximum absolute atomic E-state index is 12.3. The van der Waals surface area contributed by atoms with E-state index >= 15 is 0 Å². The predicted octanol–water partition coefficient (Wildman–Crippen LogP) is 3.44. The van der Waals surface area contributed by atoms with Crippen molar-refractivity contribution in [2.24, 2.45) is 5.92 Å². The highest BCUT2D eigenvalue weighted by Gasteiger charge is 2.26. The molecule has 1 aromatic rings. The Bertz CT molecular complexity index is 641. The fraction of sp³-hybridized carbons (Fsp3) is 0.619. The van der Waals surface area contributed by atoms with Crippen molar-refractivity contribution in [2.75, 3.05) is 0 Å². The minimum atomic E-state index is -0.525.